The molecule has 0 bridgehead atoms. The maximum atomic E-state index is 10.8. The predicted octanol–water partition coefficient (Wildman–Crippen LogP) is -0.578. The number of nitrogens with one attached hydrogen (secondary N) is 1. The van der Waals surface area contributed by atoms with Crippen LogP contribution in [0.15, 0.2) is 4.99 Å². The van der Waals surface area contributed by atoms with Crippen molar-refractivity contribution in [2.45, 2.75) is 13.0 Å². The van der Waals surface area contributed by atoms with Crippen LogP contribution in [0.4, 0.5) is 0 Å². The van der Waals surface area contributed by atoms with Crippen LogP contribution in [0, 0.1) is 0 Å². The van der Waals surface area contributed by atoms with E-state index < -0.39 is 0 Å². The maximum absolute atomic E-state index is 10.8. The summed E-state index contributed by atoms with van der Waals surface area (Å²) < 4.78 is 0. The van der Waals surface area contributed by atoms with Gasteiger partial charge in [-0.05, 0) is 6.92 Å². The third-order valence-electron chi connectivity index (χ3n) is 1.35. The molecule has 0 aromatic rings. The van der Waals surface area contributed by atoms with Crippen LogP contribution in [0.5, 0.6) is 0 Å². The first-order chi connectivity index (χ1) is 4.61. The Balaban J connectivity index is 2.67. The fourth-order valence-electron chi connectivity index (χ4n) is 0.716. The van der Waals surface area contributed by atoms with Gasteiger partial charge in [0.25, 0.3) is 5.91 Å². The van der Waals surface area contributed by atoms with Crippen LogP contribution in [-0.2, 0) is 4.79 Å². The molecule has 1 atom stereocenters. The largest absolute Gasteiger partial charge is 0.349 e. The minimum Gasteiger partial charge on any atom is -0.349 e. The second-order valence-electron chi connectivity index (χ2n) is 2.51. The van der Waals surface area contributed by atoms with Gasteiger partial charge in [0.1, 0.15) is 6.04 Å². The van der Waals surface area contributed by atoms with Gasteiger partial charge < -0.3 is 4.90 Å². The fraction of sp³-hybridized carbons (Fsp3) is 0.667. The van der Waals surface area contributed by atoms with E-state index in [0.717, 1.165) is 0 Å². The smallest absolute Gasteiger partial charge is 0.251 e. The lowest BCUT2D eigenvalue weighted by molar-refractivity contribution is -0.119. The Labute approximate surface area is 59.9 Å². The third-order valence-corrected chi connectivity index (χ3v) is 1.35. The van der Waals surface area contributed by atoms with E-state index >= 15 is 0 Å². The molecule has 1 heterocycles. The van der Waals surface area contributed by atoms with Crippen molar-refractivity contribution in [2.24, 2.45) is 4.99 Å². The first kappa shape index (κ1) is 7.05. The predicted molar refractivity (Wildman–Crippen MR) is 38.7 cm³/mol. The number of rotatable bonds is 0. The van der Waals surface area contributed by atoms with Gasteiger partial charge >= 0.3 is 0 Å². The highest BCUT2D eigenvalue weighted by atomic mass is 16.2. The van der Waals surface area contributed by atoms with Crippen molar-refractivity contribution >= 4 is 11.9 Å². The van der Waals surface area contributed by atoms with Crippen molar-refractivity contribution in [3.63, 3.8) is 0 Å². The molecule has 56 valence electrons. The monoisotopic (exact) mass is 141 g/mol. The highest BCUT2D eigenvalue weighted by molar-refractivity contribution is 6.04. The van der Waals surface area contributed by atoms with Crippen molar-refractivity contribution in [1.82, 2.24) is 10.2 Å². The van der Waals surface area contributed by atoms with Crippen LogP contribution in [0.1, 0.15) is 6.92 Å². The van der Waals surface area contributed by atoms with Crippen molar-refractivity contribution < 1.29 is 4.79 Å². The van der Waals surface area contributed by atoms with Crippen molar-refractivity contribution in [3.8, 4) is 0 Å². The van der Waals surface area contributed by atoms with E-state index in [1.165, 1.54) is 0 Å². The van der Waals surface area contributed by atoms with Gasteiger partial charge in [-0.2, -0.15) is 0 Å². The Morgan fingerprint density at radius 1 is 1.60 bits per heavy atom. The normalized spacial score (nSPS) is 24.1. The molecule has 0 radical (unpaired) electrons. The highest BCUT2D eigenvalue weighted by Gasteiger charge is 2.22. The Bertz CT molecular complexity index is 185. The molecule has 1 amide bonds. The van der Waals surface area contributed by atoms with Gasteiger partial charge in [-0.15, -0.1) is 0 Å². The second kappa shape index (κ2) is 2.28. The van der Waals surface area contributed by atoms with Gasteiger partial charge in [0.15, 0.2) is 0 Å². The zero-order valence-electron chi connectivity index (χ0n) is 6.38. The van der Waals surface area contributed by atoms with E-state index in [2.05, 4.69) is 10.3 Å². The molecule has 1 aliphatic heterocycles. The molecule has 0 aliphatic carbocycles. The molecule has 10 heavy (non-hydrogen) atoms. The first-order valence-electron chi connectivity index (χ1n) is 3.17. The van der Waals surface area contributed by atoms with Crippen LogP contribution in [0.3, 0.4) is 0 Å². The summed E-state index contributed by atoms with van der Waals surface area (Å²) in [6.07, 6.45) is 0. The topological polar surface area (TPSA) is 44.7 Å². The fourth-order valence-corrected chi connectivity index (χ4v) is 0.716. The number of guanidine groups is 1. The molecule has 0 spiro atoms. The van der Waals surface area contributed by atoms with Crippen LogP contribution in [0.25, 0.3) is 0 Å². The second-order valence-corrected chi connectivity index (χ2v) is 2.51. The summed E-state index contributed by atoms with van der Waals surface area (Å²) >= 11 is 0. The van der Waals surface area contributed by atoms with E-state index in [9.17, 15) is 4.79 Å². The number of hydrogen-bond donors (Lipinski definition) is 1. The van der Waals surface area contributed by atoms with Crippen LogP contribution >= 0.6 is 0 Å². The molecule has 0 unspecified atom stereocenters. The zero-order chi connectivity index (χ0) is 7.72. The Hall–Kier alpha value is -1.06. The third kappa shape index (κ3) is 1.10. The number of hydrogen-bond acceptors (Lipinski definition) is 3. The zero-order valence-corrected chi connectivity index (χ0v) is 6.38. The lowest BCUT2D eigenvalue weighted by atomic mass is 10.4. The number of amides is 1. The Kier molecular flexibility index (Phi) is 1.61. The maximum Gasteiger partial charge on any atom is 0.251 e. The standard InChI is InChI=1S/C6H11N3O/c1-4-5(10)8-6(7-4)9(2)3/h4H,1-3H3,(H,7,8,10)/t4-/m0/s1. The van der Waals surface area contributed by atoms with Crippen LogP contribution in [0.2, 0.25) is 0 Å². The van der Waals surface area contributed by atoms with Crippen LogP contribution < -0.4 is 5.32 Å². The number of carbonyl (C=O) groups is 1. The minimum atomic E-state index is -0.225. The molecule has 0 aromatic heterocycles. The van der Waals surface area contributed by atoms with Gasteiger partial charge in [-0.25, -0.2) is 4.99 Å². The summed E-state index contributed by atoms with van der Waals surface area (Å²) in [6, 6.07) is -0.225. The SMILES string of the molecule is C[C@@H]1N=C(N(C)C)NC1=O. The summed E-state index contributed by atoms with van der Waals surface area (Å²) in [6.45, 7) is 1.77. The quantitative estimate of drug-likeness (QED) is 0.490. The van der Waals surface area contributed by atoms with E-state index in [0.29, 0.717) is 5.96 Å². The molecule has 0 saturated carbocycles. The van der Waals surface area contributed by atoms with Gasteiger partial charge in [0.2, 0.25) is 5.96 Å². The number of carbonyl (C=O) groups excluding carboxylic acids is 1. The average molecular weight is 141 g/mol. The molecule has 1 rings (SSSR count). The van der Waals surface area contributed by atoms with Crippen molar-refractivity contribution in [3.05, 3.63) is 0 Å². The van der Waals surface area contributed by atoms with E-state index in [-0.39, 0.29) is 11.9 Å². The van der Waals surface area contributed by atoms with Gasteiger partial charge in [0.05, 0.1) is 0 Å². The number of aliphatic imine (C=N–C) groups is 1. The van der Waals surface area contributed by atoms with Crippen molar-refractivity contribution in [1.29, 1.82) is 0 Å². The molecule has 0 saturated heterocycles. The van der Waals surface area contributed by atoms with Gasteiger partial charge in [-0.1, -0.05) is 0 Å². The minimum absolute atomic E-state index is 0.0244. The molecule has 0 fully saturated rings. The summed E-state index contributed by atoms with van der Waals surface area (Å²) in [4.78, 5) is 16.7. The molecule has 0 aromatic carbocycles. The first-order valence-corrected chi connectivity index (χ1v) is 3.17. The molecule has 1 N–H and O–H groups in total. The van der Waals surface area contributed by atoms with E-state index in [4.69, 9.17) is 0 Å². The van der Waals surface area contributed by atoms with Gasteiger partial charge in [0, 0.05) is 14.1 Å². The Morgan fingerprint density at radius 3 is 2.40 bits per heavy atom. The Morgan fingerprint density at radius 2 is 2.20 bits per heavy atom. The average Bonchev–Trinajstić information content (AvgIpc) is 2.13. The molecule has 4 nitrogen and oxygen atoms in total. The molecule has 4 heteroatoms. The van der Waals surface area contributed by atoms with Gasteiger partial charge in [-0.3, -0.25) is 10.1 Å². The molecular formula is C6H11N3O. The summed E-state index contributed by atoms with van der Waals surface area (Å²) in [5, 5.41) is 2.64. The summed E-state index contributed by atoms with van der Waals surface area (Å²) in [7, 11) is 3.69. The number of nitrogens with zero attached hydrogens (tertiary/aromatic N) is 2. The summed E-state index contributed by atoms with van der Waals surface area (Å²) in [5.74, 6) is 0.626. The lowest BCUT2D eigenvalue weighted by Crippen LogP contribution is -2.36. The van der Waals surface area contributed by atoms with E-state index in [1.54, 1.807) is 11.8 Å². The van der Waals surface area contributed by atoms with Crippen LogP contribution in [-0.4, -0.2) is 36.9 Å². The molecule has 1 aliphatic rings. The lowest BCUT2D eigenvalue weighted by Gasteiger charge is -2.09. The highest BCUT2D eigenvalue weighted by Crippen LogP contribution is 1.98. The molecular weight excluding hydrogens is 130 g/mol. The van der Waals surface area contributed by atoms with Crippen molar-refractivity contribution in [2.75, 3.05) is 14.1 Å². The van der Waals surface area contributed by atoms with E-state index in [1.807, 2.05) is 14.1 Å². The summed E-state index contributed by atoms with van der Waals surface area (Å²) in [5.41, 5.74) is 0.